The lowest BCUT2D eigenvalue weighted by Crippen LogP contribution is -2.29. The van der Waals surface area contributed by atoms with Gasteiger partial charge in [-0.3, -0.25) is 4.79 Å². The largest absolute Gasteiger partial charge is 0.305 e. The van der Waals surface area contributed by atoms with E-state index in [0.717, 1.165) is 23.5 Å². The molecule has 0 bridgehead atoms. The van der Waals surface area contributed by atoms with Crippen molar-refractivity contribution >= 4 is 27.9 Å². The van der Waals surface area contributed by atoms with E-state index in [2.05, 4.69) is 28.1 Å². The Hall–Kier alpha value is -0.960. The summed E-state index contributed by atoms with van der Waals surface area (Å²) in [5.41, 5.74) is 1.30. The first kappa shape index (κ1) is 10.6. The number of hydrogen-bond acceptors (Lipinski definition) is 2. The van der Waals surface area contributed by atoms with Crippen LogP contribution >= 0.6 is 15.9 Å². The van der Waals surface area contributed by atoms with Crippen LogP contribution < -0.4 is 0 Å². The molecule has 1 aliphatic carbocycles. The summed E-state index contributed by atoms with van der Waals surface area (Å²) in [6.45, 7) is 0. The van der Waals surface area contributed by atoms with Gasteiger partial charge in [0.1, 0.15) is 0 Å². The Balaban J connectivity index is 1.97. The topological polar surface area (TPSA) is 40.9 Å². The van der Waals surface area contributed by atoms with Crippen molar-refractivity contribution in [2.75, 3.05) is 0 Å². The molecule has 0 heterocycles. The minimum absolute atomic E-state index is 0.0247. The Kier molecular flexibility index (Phi) is 3.00. The van der Waals surface area contributed by atoms with Gasteiger partial charge >= 0.3 is 0 Å². The zero-order chi connectivity index (χ0) is 10.8. The Morgan fingerprint density at radius 3 is 2.47 bits per heavy atom. The number of ketones is 1. The van der Waals surface area contributed by atoms with E-state index in [1.165, 1.54) is 5.56 Å². The van der Waals surface area contributed by atoms with E-state index in [9.17, 15) is 4.79 Å². The van der Waals surface area contributed by atoms with E-state index in [4.69, 9.17) is 5.41 Å². The molecule has 0 unspecified atom stereocenters. The molecule has 0 saturated heterocycles. The van der Waals surface area contributed by atoms with Gasteiger partial charge < -0.3 is 5.41 Å². The number of benzene rings is 1. The summed E-state index contributed by atoms with van der Waals surface area (Å²) in [6, 6.07) is 8.25. The number of halogens is 1. The molecule has 78 valence electrons. The number of hydrogen-bond donors (Lipinski definition) is 1. The number of nitrogens with one attached hydrogen (secondary N) is 1. The SMILES string of the molecule is N=CC(=O)C1CC(c2ccc(Br)cc2)C1. The van der Waals surface area contributed by atoms with E-state index >= 15 is 0 Å². The molecule has 0 radical (unpaired) electrons. The molecule has 1 aromatic carbocycles. The second-order valence-electron chi connectivity index (χ2n) is 3.96. The number of carbonyl (C=O) groups is 1. The molecule has 0 amide bonds. The summed E-state index contributed by atoms with van der Waals surface area (Å²) in [4.78, 5) is 11.2. The first-order valence-corrected chi connectivity index (χ1v) is 5.80. The first-order chi connectivity index (χ1) is 7.20. The average Bonchev–Trinajstić information content (AvgIpc) is 2.18. The molecule has 1 N–H and O–H groups in total. The van der Waals surface area contributed by atoms with Crippen molar-refractivity contribution in [1.82, 2.24) is 0 Å². The molecule has 1 aromatic rings. The summed E-state index contributed by atoms with van der Waals surface area (Å²) in [6.07, 6.45) is 2.74. The molecule has 1 saturated carbocycles. The van der Waals surface area contributed by atoms with Gasteiger partial charge in [-0.1, -0.05) is 28.1 Å². The summed E-state index contributed by atoms with van der Waals surface area (Å²) in [5.74, 6) is 0.575. The van der Waals surface area contributed by atoms with Crippen molar-refractivity contribution in [2.24, 2.45) is 5.92 Å². The zero-order valence-corrected chi connectivity index (χ0v) is 9.83. The van der Waals surface area contributed by atoms with Gasteiger partial charge in [-0.25, -0.2) is 0 Å². The molecule has 2 nitrogen and oxygen atoms in total. The van der Waals surface area contributed by atoms with Gasteiger partial charge in [-0.05, 0) is 36.5 Å². The van der Waals surface area contributed by atoms with Gasteiger partial charge in [-0.2, -0.15) is 0 Å². The van der Waals surface area contributed by atoms with Gasteiger partial charge in [0.2, 0.25) is 0 Å². The Morgan fingerprint density at radius 2 is 1.93 bits per heavy atom. The van der Waals surface area contributed by atoms with Crippen molar-refractivity contribution in [3.8, 4) is 0 Å². The molecule has 1 fully saturated rings. The van der Waals surface area contributed by atoms with Gasteiger partial charge in [-0.15, -0.1) is 0 Å². The van der Waals surface area contributed by atoms with Gasteiger partial charge in [0, 0.05) is 10.4 Å². The third-order valence-corrected chi connectivity index (χ3v) is 3.55. The minimum Gasteiger partial charge on any atom is -0.305 e. The fraction of sp³-hybridized carbons (Fsp3) is 0.333. The van der Waals surface area contributed by atoms with E-state index in [-0.39, 0.29) is 11.7 Å². The summed E-state index contributed by atoms with van der Waals surface area (Å²) in [7, 11) is 0. The van der Waals surface area contributed by atoms with Crippen LogP contribution in [0.3, 0.4) is 0 Å². The molecule has 0 aromatic heterocycles. The van der Waals surface area contributed by atoms with E-state index in [1.807, 2.05) is 12.1 Å². The van der Waals surface area contributed by atoms with Crippen LogP contribution in [0.4, 0.5) is 0 Å². The fourth-order valence-electron chi connectivity index (χ4n) is 1.98. The summed E-state index contributed by atoms with van der Waals surface area (Å²) >= 11 is 3.40. The summed E-state index contributed by atoms with van der Waals surface area (Å²) in [5, 5.41) is 6.89. The van der Waals surface area contributed by atoms with Crippen LogP contribution in [0.5, 0.6) is 0 Å². The van der Waals surface area contributed by atoms with Crippen molar-refractivity contribution in [3.05, 3.63) is 34.3 Å². The standard InChI is InChI=1S/C12H12BrNO/c13-11-3-1-8(2-4-11)9-5-10(6-9)12(15)7-14/h1-4,7,9-10,14H,5-6H2. The van der Waals surface area contributed by atoms with Crippen molar-refractivity contribution in [1.29, 1.82) is 5.41 Å². The maximum atomic E-state index is 11.2. The van der Waals surface area contributed by atoms with Gasteiger partial charge in [0.15, 0.2) is 5.78 Å². The molecule has 1 aliphatic rings. The minimum atomic E-state index is -0.0247. The Morgan fingerprint density at radius 1 is 1.33 bits per heavy atom. The maximum absolute atomic E-state index is 11.2. The van der Waals surface area contributed by atoms with Gasteiger partial charge in [0.05, 0.1) is 6.21 Å². The predicted molar refractivity (Wildman–Crippen MR) is 63.4 cm³/mol. The van der Waals surface area contributed by atoms with Crippen LogP contribution in [-0.4, -0.2) is 12.0 Å². The fourth-order valence-corrected chi connectivity index (χ4v) is 2.24. The molecular weight excluding hydrogens is 254 g/mol. The van der Waals surface area contributed by atoms with E-state index in [1.54, 1.807) is 0 Å². The van der Waals surface area contributed by atoms with E-state index in [0.29, 0.717) is 5.92 Å². The monoisotopic (exact) mass is 265 g/mol. The predicted octanol–water partition coefficient (Wildman–Crippen LogP) is 3.16. The molecule has 3 heteroatoms. The van der Waals surface area contributed by atoms with Crippen molar-refractivity contribution < 1.29 is 4.79 Å². The lowest BCUT2D eigenvalue weighted by molar-refractivity contribution is -0.118. The molecule has 0 aliphatic heterocycles. The molecule has 15 heavy (non-hydrogen) atoms. The number of rotatable bonds is 3. The maximum Gasteiger partial charge on any atom is 0.176 e. The molecule has 2 rings (SSSR count). The first-order valence-electron chi connectivity index (χ1n) is 5.00. The zero-order valence-electron chi connectivity index (χ0n) is 8.24. The smallest absolute Gasteiger partial charge is 0.176 e. The number of Topliss-reactive ketones (excluding diaryl/α,β-unsaturated/α-hetero) is 1. The Bertz CT molecular complexity index is 379. The lowest BCUT2D eigenvalue weighted by atomic mass is 9.70. The van der Waals surface area contributed by atoms with Crippen molar-refractivity contribution in [3.63, 3.8) is 0 Å². The second kappa shape index (κ2) is 4.27. The van der Waals surface area contributed by atoms with Crippen LogP contribution in [0, 0.1) is 11.3 Å². The highest BCUT2D eigenvalue weighted by Gasteiger charge is 2.33. The lowest BCUT2D eigenvalue weighted by Gasteiger charge is -2.33. The van der Waals surface area contributed by atoms with Crippen LogP contribution in [0.15, 0.2) is 28.7 Å². The quantitative estimate of drug-likeness (QED) is 0.839. The van der Waals surface area contributed by atoms with Crippen LogP contribution in [0.25, 0.3) is 0 Å². The third kappa shape index (κ3) is 2.17. The van der Waals surface area contributed by atoms with Crippen LogP contribution in [0.2, 0.25) is 0 Å². The molecule has 0 spiro atoms. The van der Waals surface area contributed by atoms with Crippen molar-refractivity contribution in [2.45, 2.75) is 18.8 Å². The average molecular weight is 266 g/mol. The normalized spacial score (nSPS) is 24.3. The molecule has 0 atom stereocenters. The molecular formula is C12H12BrNO. The number of carbonyl (C=O) groups excluding carboxylic acids is 1. The van der Waals surface area contributed by atoms with Crippen LogP contribution in [0.1, 0.15) is 24.3 Å². The van der Waals surface area contributed by atoms with Crippen LogP contribution in [-0.2, 0) is 4.79 Å². The highest BCUT2D eigenvalue weighted by Crippen LogP contribution is 2.41. The third-order valence-electron chi connectivity index (χ3n) is 3.02. The second-order valence-corrected chi connectivity index (χ2v) is 4.88. The summed E-state index contributed by atoms with van der Waals surface area (Å²) < 4.78 is 1.08. The van der Waals surface area contributed by atoms with E-state index < -0.39 is 0 Å². The highest BCUT2D eigenvalue weighted by atomic mass is 79.9. The highest BCUT2D eigenvalue weighted by molar-refractivity contribution is 9.10. The van der Waals surface area contributed by atoms with Gasteiger partial charge in [0.25, 0.3) is 0 Å². The Labute approximate surface area is 97.3 Å².